The molecular formula is C15H17N5O3. The number of hydrogen-bond acceptors (Lipinski definition) is 7. The van der Waals surface area contributed by atoms with Gasteiger partial charge in [0.15, 0.2) is 5.65 Å². The molecule has 0 aliphatic heterocycles. The maximum atomic E-state index is 10.2. The number of phenolic OH excluding ortho intramolecular Hbond substituents is 1. The van der Waals surface area contributed by atoms with Crippen molar-refractivity contribution in [1.29, 1.82) is 0 Å². The summed E-state index contributed by atoms with van der Waals surface area (Å²) >= 11 is 0. The van der Waals surface area contributed by atoms with Crippen LogP contribution in [0.2, 0.25) is 0 Å². The number of phenols is 1. The summed E-state index contributed by atoms with van der Waals surface area (Å²) in [5, 5.41) is 33.6. The number of nitrogens with zero attached hydrogens (tertiary/aromatic N) is 4. The number of pyridine rings is 1. The van der Waals surface area contributed by atoms with Gasteiger partial charge in [-0.05, 0) is 40.8 Å². The van der Waals surface area contributed by atoms with Crippen LogP contribution in [0.5, 0.6) is 11.5 Å². The Hall–Kier alpha value is -2.71. The van der Waals surface area contributed by atoms with E-state index < -0.39 is 6.10 Å². The normalized spacial score (nSPS) is 12.4. The van der Waals surface area contributed by atoms with Gasteiger partial charge >= 0.3 is 0 Å². The number of aliphatic hydroxyl groups is 1. The minimum absolute atomic E-state index is 0.207. The molecule has 0 radical (unpaired) electrons. The fourth-order valence-corrected chi connectivity index (χ4v) is 2.09. The van der Waals surface area contributed by atoms with Crippen LogP contribution in [0.25, 0.3) is 5.65 Å². The van der Waals surface area contributed by atoms with Crippen LogP contribution in [0.3, 0.4) is 0 Å². The van der Waals surface area contributed by atoms with Gasteiger partial charge in [-0.25, -0.2) is 4.52 Å². The Balaban J connectivity index is 1.42. The molecule has 0 saturated heterocycles. The Morgan fingerprint density at radius 1 is 1.17 bits per heavy atom. The van der Waals surface area contributed by atoms with E-state index in [4.69, 9.17) is 4.74 Å². The third-order valence-corrected chi connectivity index (χ3v) is 3.32. The Morgan fingerprint density at radius 3 is 2.83 bits per heavy atom. The van der Waals surface area contributed by atoms with Crippen molar-refractivity contribution in [3.63, 3.8) is 0 Å². The Kier molecular flexibility index (Phi) is 4.65. The summed E-state index contributed by atoms with van der Waals surface area (Å²) in [7, 11) is 0. The first kappa shape index (κ1) is 15.2. The number of nitrogens with one attached hydrogen (secondary N) is 1. The highest BCUT2D eigenvalue weighted by Crippen LogP contribution is 2.15. The van der Waals surface area contributed by atoms with Crippen molar-refractivity contribution >= 4 is 5.65 Å². The zero-order chi connectivity index (χ0) is 16.1. The number of hydrogen-bond donors (Lipinski definition) is 3. The van der Waals surface area contributed by atoms with Gasteiger partial charge in [0, 0.05) is 24.8 Å². The Labute approximate surface area is 132 Å². The second kappa shape index (κ2) is 7.03. The minimum Gasteiger partial charge on any atom is -0.508 e. The van der Waals surface area contributed by atoms with E-state index in [2.05, 4.69) is 20.8 Å². The van der Waals surface area contributed by atoms with E-state index >= 15 is 0 Å². The number of benzene rings is 1. The molecule has 0 bridgehead atoms. The molecule has 0 saturated carbocycles. The van der Waals surface area contributed by atoms with Crippen LogP contribution in [0.4, 0.5) is 0 Å². The van der Waals surface area contributed by atoms with E-state index in [-0.39, 0.29) is 5.75 Å². The highest BCUT2D eigenvalue weighted by Gasteiger charge is 2.08. The fourth-order valence-electron chi connectivity index (χ4n) is 2.09. The largest absolute Gasteiger partial charge is 0.508 e. The first-order valence-electron chi connectivity index (χ1n) is 7.20. The summed E-state index contributed by atoms with van der Waals surface area (Å²) in [5.74, 6) is 0.896. The van der Waals surface area contributed by atoms with Crippen LogP contribution >= 0.6 is 0 Å². The number of aromatic hydroxyl groups is 1. The van der Waals surface area contributed by atoms with E-state index in [9.17, 15) is 10.2 Å². The molecule has 120 valence electrons. The molecule has 1 aromatic carbocycles. The lowest BCUT2D eigenvalue weighted by molar-refractivity contribution is 0.171. The molecule has 0 aliphatic rings. The molecular weight excluding hydrogens is 298 g/mol. The van der Waals surface area contributed by atoms with E-state index in [0.29, 0.717) is 31.1 Å². The average Bonchev–Trinajstić information content (AvgIpc) is 3.03. The van der Waals surface area contributed by atoms with Crippen molar-refractivity contribution in [2.45, 2.75) is 6.10 Å². The smallest absolute Gasteiger partial charge is 0.179 e. The van der Waals surface area contributed by atoms with Crippen LogP contribution < -0.4 is 10.1 Å². The first-order valence-corrected chi connectivity index (χ1v) is 7.20. The first-order chi connectivity index (χ1) is 11.2. The summed E-state index contributed by atoms with van der Waals surface area (Å²) < 4.78 is 7.03. The van der Waals surface area contributed by atoms with Crippen molar-refractivity contribution < 1.29 is 14.9 Å². The number of ether oxygens (including phenoxy) is 1. The zero-order valence-electron chi connectivity index (χ0n) is 12.3. The molecule has 23 heavy (non-hydrogen) atoms. The quantitative estimate of drug-likeness (QED) is 0.546. The summed E-state index contributed by atoms with van der Waals surface area (Å²) in [6.45, 7) is 1.45. The van der Waals surface area contributed by atoms with E-state index in [1.165, 1.54) is 4.52 Å². The molecule has 8 nitrogen and oxygen atoms in total. The van der Waals surface area contributed by atoms with Crippen molar-refractivity contribution in [2.75, 3.05) is 19.7 Å². The third kappa shape index (κ3) is 3.93. The predicted octanol–water partition coefficient (Wildman–Crippen LogP) is 0.532. The van der Waals surface area contributed by atoms with Gasteiger partial charge in [-0.3, -0.25) is 0 Å². The van der Waals surface area contributed by atoms with Gasteiger partial charge < -0.3 is 20.3 Å². The summed E-state index contributed by atoms with van der Waals surface area (Å²) in [4.78, 5) is 0. The fraction of sp³-hybridized carbons (Fsp3) is 0.267. The third-order valence-electron chi connectivity index (χ3n) is 3.32. The summed E-state index contributed by atoms with van der Waals surface area (Å²) in [6.07, 6.45) is 1.05. The second-order valence-electron chi connectivity index (χ2n) is 5.01. The topological polar surface area (TPSA) is 105 Å². The van der Waals surface area contributed by atoms with Crippen LogP contribution in [0, 0.1) is 0 Å². The predicted molar refractivity (Wildman–Crippen MR) is 82.2 cm³/mol. The van der Waals surface area contributed by atoms with Crippen molar-refractivity contribution in [1.82, 2.24) is 25.4 Å². The lowest BCUT2D eigenvalue weighted by atomic mass is 10.1. The lowest BCUT2D eigenvalue weighted by Crippen LogP contribution is -2.26. The van der Waals surface area contributed by atoms with Gasteiger partial charge in [-0.15, -0.1) is 5.10 Å². The van der Waals surface area contributed by atoms with E-state index in [0.717, 1.165) is 5.56 Å². The number of rotatable bonds is 7. The highest BCUT2D eigenvalue weighted by molar-refractivity contribution is 5.36. The van der Waals surface area contributed by atoms with Crippen LogP contribution in [-0.2, 0) is 0 Å². The zero-order valence-corrected chi connectivity index (χ0v) is 12.3. The lowest BCUT2D eigenvalue weighted by Gasteiger charge is -2.12. The van der Waals surface area contributed by atoms with Gasteiger partial charge in [-0.2, -0.15) is 0 Å². The maximum absolute atomic E-state index is 10.2. The van der Waals surface area contributed by atoms with Crippen LogP contribution in [-0.4, -0.2) is 50.0 Å². The van der Waals surface area contributed by atoms with Gasteiger partial charge in [0.05, 0.1) is 6.10 Å². The molecule has 3 N–H and O–H groups in total. The van der Waals surface area contributed by atoms with Gasteiger partial charge in [-0.1, -0.05) is 6.07 Å². The van der Waals surface area contributed by atoms with Gasteiger partial charge in [0.2, 0.25) is 0 Å². The van der Waals surface area contributed by atoms with E-state index in [1.54, 1.807) is 42.6 Å². The molecule has 3 rings (SSSR count). The number of tetrazole rings is 1. The molecule has 1 atom stereocenters. The molecule has 0 fully saturated rings. The monoisotopic (exact) mass is 315 g/mol. The van der Waals surface area contributed by atoms with Gasteiger partial charge in [0.25, 0.3) is 0 Å². The van der Waals surface area contributed by atoms with E-state index in [1.807, 2.05) is 0 Å². The number of aromatic nitrogens is 4. The second-order valence-corrected chi connectivity index (χ2v) is 5.01. The van der Waals surface area contributed by atoms with Gasteiger partial charge in [0.1, 0.15) is 18.1 Å². The number of fused-ring (bicyclic) bond motifs is 1. The molecule has 3 aromatic rings. The Morgan fingerprint density at radius 2 is 2.00 bits per heavy atom. The molecule has 2 aromatic heterocycles. The molecule has 8 heteroatoms. The Bertz CT molecular complexity index is 759. The molecule has 0 amide bonds. The summed E-state index contributed by atoms with van der Waals surface area (Å²) in [5.41, 5.74) is 1.37. The summed E-state index contributed by atoms with van der Waals surface area (Å²) in [6, 6.07) is 10.1. The minimum atomic E-state index is -0.655. The maximum Gasteiger partial charge on any atom is 0.179 e. The average molecular weight is 315 g/mol. The van der Waals surface area contributed by atoms with Crippen molar-refractivity contribution in [3.05, 3.63) is 48.2 Å². The molecule has 0 spiro atoms. The van der Waals surface area contributed by atoms with Crippen molar-refractivity contribution in [3.8, 4) is 11.5 Å². The molecule has 0 aliphatic carbocycles. The molecule has 2 heterocycles. The standard InChI is InChI=1S/C15H17N5O3/c21-12-2-4-13(5-3-12)23-8-7-16-9-14(22)11-1-6-15-17-18-19-20(15)10-11/h1-6,10,14,16,21-22H,7-9H2/t14-/m1/s1. The number of aliphatic hydroxyl groups excluding tert-OH is 1. The highest BCUT2D eigenvalue weighted by atomic mass is 16.5. The van der Waals surface area contributed by atoms with Crippen LogP contribution in [0.1, 0.15) is 11.7 Å². The van der Waals surface area contributed by atoms with Crippen LogP contribution in [0.15, 0.2) is 42.6 Å². The molecule has 0 unspecified atom stereocenters. The van der Waals surface area contributed by atoms with Crippen molar-refractivity contribution in [2.24, 2.45) is 0 Å². The SMILES string of the molecule is Oc1ccc(OCCNC[C@@H](O)c2ccc3nnnn3c2)cc1.